The molecular formula is C16H17N5O2. The first-order valence-electron chi connectivity index (χ1n) is 7.15. The number of rotatable bonds is 2. The standard InChI is InChI=1S/C16H17N5O2/c1-9-5-6-17-11(7-9)19-13-10(2)8-18-14-12(13)15(22)21(4)16(23)20(14)3/h5-8H,1-4H3,(H,17,18,19). The van der Waals surface area contributed by atoms with Crippen LogP contribution in [0.3, 0.4) is 0 Å². The summed E-state index contributed by atoms with van der Waals surface area (Å²) in [7, 11) is 3.06. The molecule has 7 nitrogen and oxygen atoms in total. The fourth-order valence-corrected chi connectivity index (χ4v) is 2.52. The molecule has 0 aliphatic rings. The molecule has 3 aromatic heterocycles. The lowest BCUT2D eigenvalue weighted by molar-refractivity contribution is 0.707. The van der Waals surface area contributed by atoms with Crippen LogP contribution in [0.25, 0.3) is 11.0 Å². The second-order valence-electron chi connectivity index (χ2n) is 5.56. The van der Waals surface area contributed by atoms with Gasteiger partial charge in [-0.15, -0.1) is 0 Å². The van der Waals surface area contributed by atoms with Crippen molar-refractivity contribution >= 4 is 22.5 Å². The number of aryl methyl sites for hydroxylation is 3. The first-order chi connectivity index (χ1) is 10.9. The van der Waals surface area contributed by atoms with Gasteiger partial charge >= 0.3 is 5.69 Å². The van der Waals surface area contributed by atoms with Gasteiger partial charge in [0, 0.05) is 26.5 Å². The molecule has 3 rings (SSSR count). The SMILES string of the molecule is Cc1ccnc(Nc2c(C)cnc3c2c(=O)n(C)c(=O)n3C)c1. The van der Waals surface area contributed by atoms with E-state index in [4.69, 9.17) is 0 Å². The van der Waals surface area contributed by atoms with Gasteiger partial charge in [-0.05, 0) is 37.1 Å². The van der Waals surface area contributed by atoms with Crippen molar-refractivity contribution < 1.29 is 0 Å². The Balaban J connectivity index is 2.34. The number of hydrogen-bond donors (Lipinski definition) is 1. The quantitative estimate of drug-likeness (QED) is 0.773. The molecule has 0 bridgehead atoms. The smallest absolute Gasteiger partial charge is 0.332 e. The highest BCUT2D eigenvalue weighted by Crippen LogP contribution is 2.25. The Morgan fingerprint density at radius 1 is 1.09 bits per heavy atom. The lowest BCUT2D eigenvalue weighted by Gasteiger charge is -2.14. The Kier molecular flexibility index (Phi) is 3.48. The largest absolute Gasteiger partial charge is 0.339 e. The highest BCUT2D eigenvalue weighted by Gasteiger charge is 2.16. The summed E-state index contributed by atoms with van der Waals surface area (Å²) in [5.41, 5.74) is 2.03. The summed E-state index contributed by atoms with van der Waals surface area (Å²) >= 11 is 0. The molecular weight excluding hydrogens is 294 g/mol. The van der Waals surface area contributed by atoms with E-state index in [9.17, 15) is 9.59 Å². The van der Waals surface area contributed by atoms with E-state index >= 15 is 0 Å². The van der Waals surface area contributed by atoms with Crippen LogP contribution >= 0.6 is 0 Å². The molecule has 0 aliphatic carbocycles. The third-order valence-corrected chi connectivity index (χ3v) is 3.83. The fraction of sp³-hybridized carbons (Fsp3) is 0.250. The maximum atomic E-state index is 12.6. The van der Waals surface area contributed by atoms with Crippen LogP contribution < -0.4 is 16.6 Å². The number of fused-ring (bicyclic) bond motifs is 1. The Bertz CT molecular complexity index is 1030. The van der Waals surface area contributed by atoms with E-state index in [0.29, 0.717) is 22.5 Å². The van der Waals surface area contributed by atoms with E-state index < -0.39 is 5.69 Å². The minimum absolute atomic E-state index is 0.346. The van der Waals surface area contributed by atoms with Crippen molar-refractivity contribution in [2.75, 3.05) is 5.32 Å². The topological polar surface area (TPSA) is 81.8 Å². The van der Waals surface area contributed by atoms with Gasteiger partial charge in [-0.25, -0.2) is 14.8 Å². The second kappa shape index (κ2) is 5.35. The zero-order valence-corrected chi connectivity index (χ0v) is 13.4. The van der Waals surface area contributed by atoms with Crippen LogP contribution in [0.15, 0.2) is 34.1 Å². The Labute approximate surface area is 132 Å². The maximum Gasteiger partial charge on any atom is 0.332 e. The normalized spacial score (nSPS) is 11.0. The predicted molar refractivity (Wildman–Crippen MR) is 89.2 cm³/mol. The first-order valence-corrected chi connectivity index (χ1v) is 7.15. The van der Waals surface area contributed by atoms with E-state index in [0.717, 1.165) is 15.7 Å². The molecule has 0 saturated carbocycles. The lowest BCUT2D eigenvalue weighted by atomic mass is 10.2. The van der Waals surface area contributed by atoms with E-state index in [1.54, 1.807) is 19.4 Å². The number of nitrogens with zero attached hydrogens (tertiary/aromatic N) is 4. The van der Waals surface area contributed by atoms with Crippen LogP contribution in [-0.2, 0) is 14.1 Å². The highest BCUT2D eigenvalue weighted by atomic mass is 16.2. The molecule has 3 aromatic rings. The zero-order valence-electron chi connectivity index (χ0n) is 13.4. The van der Waals surface area contributed by atoms with Gasteiger partial charge in [-0.2, -0.15) is 0 Å². The molecule has 0 aliphatic heterocycles. The van der Waals surface area contributed by atoms with E-state index in [-0.39, 0.29) is 5.56 Å². The monoisotopic (exact) mass is 311 g/mol. The highest BCUT2D eigenvalue weighted by molar-refractivity contribution is 5.91. The molecule has 0 spiro atoms. The van der Waals surface area contributed by atoms with Gasteiger partial charge in [0.1, 0.15) is 11.2 Å². The summed E-state index contributed by atoms with van der Waals surface area (Å²) in [6.45, 7) is 3.82. The molecule has 0 amide bonds. The van der Waals surface area contributed by atoms with Crippen molar-refractivity contribution in [1.29, 1.82) is 0 Å². The van der Waals surface area contributed by atoms with Crippen molar-refractivity contribution in [3.63, 3.8) is 0 Å². The minimum Gasteiger partial charge on any atom is -0.339 e. The minimum atomic E-state index is -0.404. The number of aromatic nitrogens is 4. The molecule has 0 saturated heterocycles. The molecule has 0 aromatic carbocycles. The van der Waals surface area contributed by atoms with Gasteiger partial charge in [-0.3, -0.25) is 13.9 Å². The summed E-state index contributed by atoms with van der Waals surface area (Å²) in [4.78, 5) is 33.2. The number of anilines is 2. The third-order valence-electron chi connectivity index (χ3n) is 3.83. The van der Waals surface area contributed by atoms with Gasteiger partial charge in [0.2, 0.25) is 0 Å². The second-order valence-corrected chi connectivity index (χ2v) is 5.56. The van der Waals surface area contributed by atoms with E-state index in [1.165, 1.54) is 11.6 Å². The molecule has 0 radical (unpaired) electrons. The first kappa shape index (κ1) is 15.0. The fourth-order valence-electron chi connectivity index (χ4n) is 2.52. The van der Waals surface area contributed by atoms with Gasteiger partial charge in [0.15, 0.2) is 5.65 Å². The van der Waals surface area contributed by atoms with Crippen molar-refractivity contribution in [1.82, 2.24) is 19.1 Å². The molecule has 23 heavy (non-hydrogen) atoms. The predicted octanol–water partition coefficient (Wildman–Crippen LogP) is 1.39. The molecule has 1 N–H and O–H groups in total. The Morgan fingerprint density at radius 3 is 2.52 bits per heavy atom. The van der Waals surface area contributed by atoms with Crippen LogP contribution in [0.5, 0.6) is 0 Å². The lowest BCUT2D eigenvalue weighted by Crippen LogP contribution is -2.37. The average Bonchev–Trinajstić information content (AvgIpc) is 2.52. The maximum absolute atomic E-state index is 12.6. The van der Waals surface area contributed by atoms with Gasteiger partial charge in [0.05, 0.1) is 5.69 Å². The molecule has 0 atom stereocenters. The molecule has 118 valence electrons. The summed E-state index contributed by atoms with van der Waals surface area (Å²) < 4.78 is 2.45. The molecule has 7 heteroatoms. The van der Waals surface area contributed by atoms with Crippen LogP contribution in [-0.4, -0.2) is 19.1 Å². The van der Waals surface area contributed by atoms with Crippen molar-refractivity contribution in [2.45, 2.75) is 13.8 Å². The average molecular weight is 311 g/mol. The van der Waals surface area contributed by atoms with Crippen molar-refractivity contribution in [3.05, 3.63) is 56.5 Å². The molecule has 0 fully saturated rings. The molecule has 3 heterocycles. The van der Waals surface area contributed by atoms with Crippen molar-refractivity contribution in [3.8, 4) is 0 Å². The van der Waals surface area contributed by atoms with Gasteiger partial charge in [-0.1, -0.05) is 0 Å². The summed E-state index contributed by atoms with van der Waals surface area (Å²) in [6.07, 6.45) is 3.34. The number of pyridine rings is 2. The molecule has 0 unspecified atom stereocenters. The summed E-state index contributed by atoms with van der Waals surface area (Å²) in [6, 6.07) is 3.78. The van der Waals surface area contributed by atoms with Gasteiger partial charge in [0.25, 0.3) is 5.56 Å². The van der Waals surface area contributed by atoms with E-state index in [2.05, 4.69) is 15.3 Å². The summed E-state index contributed by atoms with van der Waals surface area (Å²) in [5, 5.41) is 3.56. The van der Waals surface area contributed by atoms with E-state index in [1.807, 2.05) is 26.0 Å². The number of nitrogens with one attached hydrogen (secondary N) is 1. The van der Waals surface area contributed by atoms with Crippen LogP contribution in [0, 0.1) is 13.8 Å². The van der Waals surface area contributed by atoms with Crippen LogP contribution in [0.2, 0.25) is 0 Å². The number of hydrogen-bond acceptors (Lipinski definition) is 5. The van der Waals surface area contributed by atoms with Crippen LogP contribution in [0.4, 0.5) is 11.5 Å². The van der Waals surface area contributed by atoms with Gasteiger partial charge < -0.3 is 5.32 Å². The Morgan fingerprint density at radius 2 is 1.83 bits per heavy atom. The third kappa shape index (κ3) is 2.40. The Hall–Kier alpha value is -2.96. The van der Waals surface area contributed by atoms with Crippen LogP contribution in [0.1, 0.15) is 11.1 Å². The summed E-state index contributed by atoms with van der Waals surface area (Å²) in [5.74, 6) is 0.636. The van der Waals surface area contributed by atoms with Crippen molar-refractivity contribution in [2.24, 2.45) is 14.1 Å². The zero-order chi connectivity index (χ0) is 16.7.